The smallest absolute Gasteiger partial charge is 0.253 e. The highest BCUT2D eigenvalue weighted by atomic mass is 32.2. The van der Waals surface area contributed by atoms with E-state index in [2.05, 4.69) is 14.9 Å². The first kappa shape index (κ1) is 19.8. The van der Waals surface area contributed by atoms with E-state index in [9.17, 15) is 21.6 Å². The first-order valence-corrected chi connectivity index (χ1v) is 9.99. The van der Waals surface area contributed by atoms with E-state index in [1.54, 1.807) is 0 Å². The lowest BCUT2D eigenvalue weighted by Gasteiger charge is -2.06. The van der Waals surface area contributed by atoms with Crippen molar-refractivity contribution >= 4 is 26.5 Å². The molecule has 0 aliphatic rings. The average Bonchev–Trinajstić information content (AvgIpc) is 3.07. The highest BCUT2D eigenvalue weighted by Crippen LogP contribution is 2.29. The lowest BCUT2D eigenvalue weighted by Crippen LogP contribution is -2.12. The van der Waals surface area contributed by atoms with Gasteiger partial charge in [-0.25, -0.2) is 8.42 Å². The van der Waals surface area contributed by atoms with Crippen molar-refractivity contribution in [3.05, 3.63) is 70.2 Å². The molecule has 1 aromatic heterocycles. The average molecular weight is 424 g/mol. The molecule has 0 bridgehead atoms. The summed E-state index contributed by atoms with van der Waals surface area (Å²) < 4.78 is 64.7. The Balaban J connectivity index is 1.70. The van der Waals surface area contributed by atoms with Crippen molar-refractivity contribution < 1.29 is 21.6 Å². The molecule has 1 heterocycles. The van der Waals surface area contributed by atoms with Crippen LogP contribution in [-0.2, 0) is 22.6 Å². The molecule has 1 N–H and O–H groups in total. The molecule has 6 nitrogen and oxygen atoms in total. The van der Waals surface area contributed by atoms with Crippen molar-refractivity contribution in [3.8, 4) is 6.07 Å². The highest BCUT2D eigenvalue weighted by Gasteiger charge is 2.30. The molecule has 0 aliphatic heterocycles. The van der Waals surface area contributed by atoms with Gasteiger partial charge in [0.05, 0.1) is 22.1 Å². The molecule has 0 aliphatic carbocycles. The third kappa shape index (κ3) is 4.65. The van der Waals surface area contributed by atoms with Crippen LogP contribution in [0.1, 0.15) is 21.7 Å². The van der Waals surface area contributed by atoms with Crippen LogP contribution in [0.5, 0.6) is 0 Å². The summed E-state index contributed by atoms with van der Waals surface area (Å²) in [6, 6.07) is 11.9. The van der Waals surface area contributed by atoms with Gasteiger partial charge in [0.15, 0.2) is 0 Å². The van der Waals surface area contributed by atoms with Crippen LogP contribution in [-0.4, -0.2) is 18.6 Å². The van der Waals surface area contributed by atoms with E-state index in [4.69, 9.17) is 5.26 Å². The minimum absolute atomic E-state index is 0.0336. The maximum atomic E-state index is 12.6. The van der Waals surface area contributed by atoms with E-state index >= 15 is 0 Å². The summed E-state index contributed by atoms with van der Waals surface area (Å²) in [5.41, 5.74) is 0.170. The third-order valence-corrected chi connectivity index (χ3v) is 5.94. The minimum Gasteiger partial charge on any atom is -0.253 e. The fraction of sp³-hybridized carbons (Fsp3) is 0.118. The van der Waals surface area contributed by atoms with Crippen LogP contribution in [0, 0.1) is 11.3 Å². The minimum atomic E-state index is -4.40. The molecular formula is C17H11F3N4O2S2. The van der Waals surface area contributed by atoms with Gasteiger partial charge in [-0.2, -0.15) is 18.4 Å². The SMILES string of the molecule is N#Cc1ccc(S(=O)(=O)Nc2nnc(Cc3ccc(C(F)(F)F)cc3)s2)cc1. The fourth-order valence-electron chi connectivity index (χ4n) is 2.23. The number of aromatic nitrogens is 2. The number of benzene rings is 2. The van der Waals surface area contributed by atoms with Gasteiger partial charge >= 0.3 is 6.18 Å². The molecule has 3 rings (SSSR count). The van der Waals surface area contributed by atoms with Crippen LogP contribution < -0.4 is 4.72 Å². The number of rotatable bonds is 5. The van der Waals surface area contributed by atoms with Crippen molar-refractivity contribution in [3.63, 3.8) is 0 Å². The summed E-state index contributed by atoms with van der Waals surface area (Å²) in [5.74, 6) is 0. The van der Waals surface area contributed by atoms with E-state index in [1.807, 2.05) is 6.07 Å². The fourth-order valence-corrected chi connectivity index (χ4v) is 4.24. The molecule has 28 heavy (non-hydrogen) atoms. The number of halogens is 3. The van der Waals surface area contributed by atoms with Crippen molar-refractivity contribution in [2.75, 3.05) is 4.72 Å². The van der Waals surface area contributed by atoms with E-state index in [0.29, 0.717) is 16.1 Å². The molecule has 0 amide bonds. The number of nitriles is 1. The number of sulfonamides is 1. The second-order valence-corrected chi connectivity index (χ2v) is 8.36. The van der Waals surface area contributed by atoms with Gasteiger partial charge in [-0.15, -0.1) is 10.2 Å². The van der Waals surface area contributed by atoms with Gasteiger partial charge in [0.1, 0.15) is 5.01 Å². The maximum Gasteiger partial charge on any atom is 0.416 e. The van der Waals surface area contributed by atoms with Crippen LogP contribution in [0.2, 0.25) is 0 Å². The summed E-state index contributed by atoms with van der Waals surface area (Å²) in [4.78, 5) is -0.0361. The Kier molecular flexibility index (Phi) is 5.35. The number of alkyl halides is 3. The lowest BCUT2D eigenvalue weighted by atomic mass is 10.1. The summed E-state index contributed by atoms with van der Waals surface area (Å²) >= 11 is 0.980. The largest absolute Gasteiger partial charge is 0.416 e. The van der Waals surface area contributed by atoms with Crippen molar-refractivity contribution in [1.29, 1.82) is 5.26 Å². The zero-order valence-electron chi connectivity index (χ0n) is 13.9. The second kappa shape index (κ2) is 7.57. The number of nitrogens with zero attached hydrogens (tertiary/aromatic N) is 3. The maximum absolute atomic E-state index is 12.6. The number of nitrogens with one attached hydrogen (secondary N) is 1. The number of hydrogen-bond donors (Lipinski definition) is 1. The topological polar surface area (TPSA) is 95.7 Å². The van der Waals surface area contributed by atoms with E-state index in [-0.39, 0.29) is 16.4 Å². The van der Waals surface area contributed by atoms with Crippen LogP contribution in [0.4, 0.5) is 18.3 Å². The zero-order chi connectivity index (χ0) is 20.4. The number of anilines is 1. The predicted octanol–water partition coefficient (Wildman–Crippen LogP) is 3.82. The summed E-state index contributed by atoms with van der Waals surface area (Å²) in [6.45, 7) is 0. The van der Waals surface area contributed by atoms with Gasteiger partial charge in [0, 0.05) is 6.42 Å². The Hall–Kier alpha value is -2.97. The summed E-state index contributed by atoms with van der Waals surface area (Å²) in [7, 11) is -3.90. The second-order valence-electron chi connectivity index (χ2n) is 5.61. The first-order valence-electron chi connectivity index (χ1n) is 7.69. The van der Waals surface area contributed by atoms with Crippen LogP contribution in [0.25, 0.3) is 0 Å². The molecule has 0 atom stereocenters. The first-order chi connectivity index (χ1) is 13.2. The highest BCUT2D eigenvalue weighted by molar-refractivity contribution is 7.93. The van der Waals surface area contributed by atoms with Crippen molar-refractivity contribution in [2.45, 2.75) is 17.5 Å². The van der Waals surface area contributed by atoms with Gasteiger partial charge < -0.3 is 0 Å². The third-order valence-electron chi connectivity index (χ3n) is 3.62. The summed E-state index contributed by atoms with van der Waals surface area (Å²) in [5, 5.41) is 16.9. The molecule has 144 valence electrons. The Morgan fingerprint density at radius 1 is 1.04 bits per heavy atom. The van der Waals surface area contributed by atoms with Crippen LogP contribution in [0.15, 0.2) is 53.4 Å². The quantitative estimate of drug-likeness (QED) is 0.672. The van der Waals surface area contributed by atoms with Gasteiger partial charge in [0.25, 0.3) is 10.0 Å². The molecule has 0 saturated heterocycles. The van der Waals surface area contributed by atoms with Crippen molar-refractivity contribution in [1.82, 2.24) is 10.2 Å². The van der Waals surface area contributed by atoms with Crippen LogP contribution >= 0.6 is 11.3 Å². The molecule has 0 unspecified atom stereocenters. The summed E-state index contributed by atoms with van der Waals surface area (Å²) in [6.07, 6.45) is -4.19. The lowest BCUT2D eigenvalue weighted by molar-refractivity contribution is -0.137. The molecule has 3 aromatic rings. The standard InChI is InChI=1S/C17H11F3N4O2S2/c18-17(19,20)13-5-1-11(2-6-13)9-15-22-23-16(27-15)24-28(25,26)14-7-3-12(10-21)4-8-14/h1-8H,9H2,(H,23,24). The number of hydrogen-bond acceptors (Lipinski definition) is 6. The Labute approximate surface area is 162 Å². The van der Waals surface area contributed by atoms with E-state index < -0.39 is 21.8 Å². The normalized spacial score (nSPS) is 11.8. The molecule has 0 radical (unpaired) electrons. The molecule has 0 spiro atoms. The molecule has 2 aromatic carbocycles. The Bertz CT molecular complexity index is 1120. The van der Waals surface area contributed by atoms with Gasteiger partial charge in [-0.05, 0) is 42.0 Å². The predicted molar refractivity (Wildman–Crippen MR) is 96.1 cm³/mol. The van der Waals surface area contributed by atoms with E-state index in [1.165, 1.54) is 36.4 Å². The van der Waals surface area contributed by atoms with Gasteiger partial charge in [0.2, 0.25) is 5.13 Å². The molecule has 11 heteroatoms. The van der Waals surface area contributed by atoms with E-state index in [0.717, 1.165) is 23.5 Å². The monoisotopic (exact) mass is 424 g/mol. The molecule has 0 saturated carbocycles. The van der Waals surface area contributed by atoms with Gasteiger partial charge in [-0.3, -0.25) is 4.72 Å². The van der Waals surface area contributed by atoms with Gasteiger partial charge in [-0.1, -0.05) is 23.5 Å². The Morgan fingerprint density at radius 2 is 1.68 bits per heavy atom. The van der Waals surface area contributed by atoms with Crippen LogP contribution in [0.3, 0.4) is 0 Å². The zero-order valence-corrected chi connectivity index (χ0v) is 15.6. The molecule has 0 fully saturated rings. The molecular weight excluding hydrogens is 413 g/mol. The Morgan fingerprint density at radius 3 is 2.25 bits per heavy atom. The van der Waals surface area contributed by atoms with Crippen molar-refractivity contribution in [2.24, 2.45) is 0 Å².